The van der Waals surface area contributed by atoms with Gasteiger partial charge in [0.2, 0.25) is 0 Å². The third-order valence-corrected chi connectivity index (χ3v) is 5.31. The lowest BCUT2D eigenvalue weighted by molar-refractivity contribution is -0.384. The Bertz CT molecular complexity index is 564. The van der Waals surface area contributed by atoms with Gasteiger partial charge < -0.3 is 24.3 Å². The minimum atomic E-state index is -5.23. The molecule has 0 aliphatic rings. The lowest BCUT2D eigenvalue weighted by Crippen LogP contribution is -2.11. The normalized spacial score (nSPS) is 16.4. The zero-order chi connectivity index (χ0) is 14.8. The van der Waals surface area contributed by atoms with E-state index in [-0.39, 0.29) is 11.4 Å². The van der Waals surface area contributed by atoms with Gasteiger partial charge in [0.05, 0.1) is 4.92 Å². The van der Waals surface area contributed by atoms with Crippen LogP contribution in [0.3, 0.4) is 0 Å². The third-order valence-electron chi connectivity index (χ3n) is 1.88. The SMILES string of the molecule is O=[N+]([O-])c1ccc(OP(=O)(O)C(O)P(=O)(O)O)cc1. The van der Waals surface area contributed by atoms with Gasteiger partial charge in [-0.2, -0.15) is 0 Å². The molecule has 0 aliphatic heterocycles. The zero-order valence-corrected chi connectivity index (χ0v) is 10.8. The summed E-state index contributed by atoms with van der Waals surface area (Å²) in [5, 5.41) is 19.4. The molecule has 0 fully saturated rings. The van der Waals surface area contributed by atoms with E-state index in [9.17, 15) is 24.1 Å². The molecule has 1 aromatic carbocycles. The van der Waals surface area contributed by atoms with Crippen LogP contribution in [-0.2, 0) is 9.13 Å². The van der Waals surface area contributed by atoms with Crippen LogP contribution < -0.4 is 4.52 Å². The van der Waals surface area contributed by atoms with Gasteiger partial charge >= 0.3 is 15.2 Å². The van der Waals surface area contributed by atoms with Gasteiger partial charge in [-0.05, 0) is 12.1 Å². The molecule has 10 nitrogen and oxygen atoms in total. The van der Waals surface area contributed by atoms with E-state index in [1.54, 1.807) is 0 Å². The van der Waals surface area contributed by atoms with E-state index in [2.05, 4.69) is 4.52 Å². The smallest absolute Gasteiger partial charge is 0.417 e. The minimum absolute atomic E-state index is 0.310. The van der Waals surface area contributed by atoms with E-state index >= 15 is 0 Å². The van der Waals surface area contributed by atoms with Crippen molar-refractivity contribution in [3.05, 3.63) is 34.4 Å². The van der Waals surface area contributed by atoms with Crippen LogP contribution in [0, 0.1) is 10.1 Å². The number of hydrogen-bond donors (Lipinski definition) is 4. The fourth-order valence-corrected chi connectivity index (χ4v) is 3.20. The topological polar surface area (TPSA) is 167 Å². The average Bonchev–Trinajstić information content (AvgIpc) is 2.27. The van der Waals surface area contributed by atoms with Crippen LogP contribution in [0.25, 0.3) is 0 Å². The largest absolute Gasteiger partial charge is 0.422 e. The number of hydrogen-bond acceptors (Lipinski definition) is 6. The molecule has 0 saturated carbocycles. The standard InChI is InChI=1S/C7H9NO9P2/c9-7(18(12,13)14)19(15,16)17-6-3-1-5(2-4-6)8(10)11/h1-4,7,9H,(H,15,16)(H2,12,13,14). The fourth-order valence-electron chi connectivity index (χ4n) is 1.02. The molecule has 106 valence electrons. The van der Waals surface area contributed by atoms with Crippen molar-refractivity contribution in [3.63, 3.8) is 0 Å². The summed E-state index contributed by atoms with van der Waals surface area (Å²) in [4.78, 5) is 36.0. The molecular weight excluding hydrogens is 304 g/mol. The van der Waals surface area contributed by atoms with E-state index in [1.807, 2.05) is 0 Å². The highest BCUT2D eigenvalue weighted by Crippen LogP contribution is 2.60. The first-order chi connectivity index (χ1) is 8.54. The summed E-state index contributed by atoms with van der Waals surface area (Å²) in [6, 6.07) is 3.82. The maximum Gasteiger partial charge on any atom is 0.417 e. The molecule has 19 heavy (non-hydrogen) atoms. The molecule has 0 saturated heterocycles. The van der Waals surface area contributed by atoms with E-state index in [0.29, 0.717) is 0 Å². The van der Waals surface area contributed by atoms with Crippen LogP contribution >= 0.6 is 15.2 Å². The zero-order valence-electron chi connectivity index (χ0n) is 9.06. The van der Waals surface area contributed by atoms with Crippen molar-refractivity contribution in [3.8, 4) is 5.75 Å². The molecule has 1 rings (SSSR count). The highest BCUT2D eigenvalue weighted by atomic mass is 31.2. The summed E-state index contributed by atoms with van der Waals surface area (Å²) in [6.07, 6.45) is 0. The second-order valence-corrected chi connectivity index (χ2v) is 7.22. The lowest BCUT2D eigenvalue weighted by Gasteiger charge is -2.19. The molecule has 0 bridgehead atoms. The molecule has 2 atom stereocenters. The first-order valence-electron chi connectivity index (χ1n) is 4.54. The molecule has 4 N–H and O–H groups in total. The first-order valence-corrected chi connectivity index (χ1v) is 7.86. The van der Waals surface area contributed by atoms with Crippen LogP contribution in [0.5, 0.6) is 5.75 Å². The second-order valence-electron chi connectivity index (χ2n) is 3.34. The Morgan fingerprint density at radius 2 is 1.63 bits per heavy atom. The maximum atomic E-state index is 11.4. The Morgan fingerprint density at radius 1 is 1.16 bits per heavy atom. The van der Waals surface area contributed by atoms with Crippen molar-refractivity contribution >= 4 is 20.9 Å². The van der Waals surface area contributed by atoms with E-state index < -0.39 is 25.7 Å². The van der Waals surface area contributed by atoms with Gasteiger partial charge in [0.15, 0.2) is 0 Å². The Balaban J connectivity index is 2.93. The maximum absolute atomic E-state index is 11.4. The number of non-ortho nitro benzene ring substituents is 1. The summed E-state index contributed by atoms with van der Waals surface area (Å²) in [7, 11) is -10.3. The number of aliphatic hydroxyl groups excluding tert-OH is 1. The molecule has 0 radical (unpaired) electrons. The van der Waals surface area contributed by atoms with Crippen LogP contribution in [0.1, 0.15) is 0 Å². The van der Waals surface area contributed by atoms with E-state index in [1.165, 1.54) is 0 Å². The summed E-state index contributed by atoms with van der Waals surface area (Å²) in [5.74, 6) is -0.357. The quantitative estimate of drug-likeness (QED) is 0.346. The Morgan fingerprint density at radius 3 is 2.00 bits per heavy atom. The van der Waals surface area contributed by atoms with Crippen molar-refractivity contribution in [1.82, 2.24) is 0 Å². The lowest BCUT2D eigenvalue weighted by atomic mass is 10.3. The third kappa shape index (κ3) is 4.10. The van der Waals surface area contributed by atoms with Gasteiger partial charge in [-0.25, -0.2) is 4.57 Å². The van der Waals surface area contributed by atoms with Crippen molar-refractivity contribution < 1.29 is 38.4 Å². The number of nitrogens with zero attached hydrogens (tertiary/aromatic N) is 1. The van der Waals surface area contributed by atoms with Gasteiger partial charge in [0.1, 0.15) is 5.75 Å². The molecule has 0 aliphatic carbocycles. The Hall–Kier alpha value is -1.28. The molecule has 0 spiro atoms. The number of nitro groups is 1. The number of aliphatic hydroxyl groups is 1. The highest BCUT2D eigenvalue weighted by molar-refractivity contribution is 7.71. The van der Waals surface area contributed by atoms with Crippen molar-refractivity contribution in [2.45, 2.75) is 5.59 Å². The molecule has 0 aromatic heterocycles. The Kier molecular flexibility index (Phi) is 4.46. The number of nitro benzene ring substituents is 1. The fraction of sp³-hybridized carbons (Fsp3) is 0.143. The van der Waals surface area contributed by atoms with Gasteiger partial charge in [0, 0.05) is 12.1 Å². The van der Waals surface area contributed by atoms with Gasteiger partial charge in [0.25, 0.3) is 11.3 Å². The van der Waals surface area contributed by atoms with E-state index in [0.717, 1.165) is 24.3 Å². The molecule has 0 heterocycles. The summed E-state index contributed by atoms with van der Waals surface area (Å²) < 4.78 is 26.4. The van der Waals surface area contributed by atoms with Crippen molar-refractivity contribution in [2.24, 2.45) is 0 Å². The Labute approximate surface area is 106 Å². The molecular formula is C7H9NO9P2. The summed E-state index contributed by atoms with van der Waals surface area (Å²) >= 11 is 0. The molecule has 0 amide bonds. The van der Waals surface area contributed by atoms with Crippen LogP contribution in [0.2, 0.25) is 0 Å². The van der Waals surface area contributed by atoms with Gasteiger partial charge in [-0.3, -0.25) is 14.7 Å². The van der Waals surface area contributed by atoms with Crippen molar-refractivity contribution in [2.75, 3.05) is 0 Å². The second kappa shape index (κ2) is 5.38. The van der Waals surface area contributed by atoms with Crippen LogP contribution in [0.4, 0.5) is 5.69 Å². The summed E-state index contributed by atoms with van der Waals surface area (Å²) in [6.45, 7) is 0. The van der Waals surface area contributed by atoms with Crippen molar-refractivity contribution in [1.29, 1.82) is 0 Å². The summed E-state index contributed by atoms with van der Waals surface area (Å²) in [5.41, 5.74) is -3.20. The number of benzene rings is 1. The van der Waals surface area contributed by atoms with Crippen LogP contribution in [-0.4, -0.2) is 30.3 Å². The predicted octanol–water partition coefficient (Wildman–Crippen LogP) is 0.613. The van der Waals surface area contributed by atoms with Gasteiger partial charge in [-0.1, -0.05) is 0 Å². The monoisotopic (exact) mass is 313 g/mol. The van der Waals surface area contributed by atoms with Gasteiger partial charge in [-0.15, -0.1) is 0 Å². The molecule has 1 aromatic rings. The minimum Gasteiger partial charge on any atom is -0.422 e. The first kappa shape index (κ1) is 15.8. The van der Waals surface area contributed by atoms with E-state index in [4.69, 9.17) is 14.9 Å². The number of rotatable bonds is 5. The average molecular weight is 313 g/mol. The highest BCUT2D eigenvalue weighted by Gasteiger charge is 2.45. The molecule has 12 heteroatoms. The van der Waals surface area contributed by atoms with Crippen LogP contribution in [0.15, 0.2) is 24.3 Å². The molecule has 2 unspecified atom stereocenters. The predicted molar refractivity (Wildman–Crippen MR) is 61.6 cm³/mol.